The summed E-state index contributed by atoms with van der Waals surface area (Å²) < 4.78 is 61.7. The van der Waals surface area contributed by atoms with Crippen LogP contribution in [0, 0.1) is 0 Å². The van der Waals surface area contributed by atoms with Crippen molar-refractivity contribution in [3.8, 4) is 11.5 Å². The summed E-state index contributed by atoms with van der Waals surface area (Å²) in [5.74, 6) is -0.428. The van der Waals surface area contributed by atoms with Crippen LogP contribution in [-0.4, -0.2) is 30.4 Å². The molecule has 0 N–H and O–H groups in total. The molecule has 0 spiro atoms. The Bertz CT molecular complexity index is 2260. The van der Waals surface area contributed by atoms with Gasteiger partial charge in [-0.15, -0.1) is 0 Å². The summed E-state index contributed by atoms with van der Waals surface area (Å²) in [6.45, 7) is 1.55. The number of benzene rings is 4. The molecule has 1 aromatic heterocycles. The van der Waals surface area contributed by atoms with Gasteiger partial charge in [0, 0.05) is 5.02 Å². The monoisotopic (exact) mass is 756 g/mol. The fourth-order valence-electron chi connectivity index (χ4n) is 5.48. The minimum absolute atomic E-state index is 0.0812. The second-order valence-electron chi connectivity index (χ2n) is 10.6. The Labute approximate surface area is 289 Å². The summed E-state index contributed by atoms with van der Waals surface area (Å²) in [7, 11) is 1.48. The summed E-state index contributed by atoms with van der Waals surface area (Å²) in [6, 6.07) is 21.7. The van der Waals surface area contributed by atoms with Crippen LogP contribution in [0.3, 0.4) is 0 Å². The maximum Gasteiger partial charge on any atom is 0.434 e. The Morgan fingerprint density at radius 1 is 1.08 bits per heavy atom. The average Bonchev–Trinajstić information content (AvgIpc) is 3.37. The number of hydrogen-bond acceptors (Lipinski definition) is 7. The van der Waals surface area contributed by atoms with Crippen LogP contribution in [0.4, 0.5) is 13.2 Å². The highest BCUT2D eigenvalue weighted by Crippen LogP contribution is 2.40. The quantitative estimate of drug-likeness (QED) is 0.153. The first-order chi connectivity index (χ1) is 23.0. The lowest BCUT2D eigenvalue weighted by Gasteiger charge is -2.26. The van der Waals surface area contributed by atoms with E-state index in [0.29, 0.717) is 26.6 Å². The van der Waals surface area contributed by atoms with Crippen molar-refractivity contribution >= 4 is 61.7 Å². The number of halogens is 5. The molecule has 1 atom stereocenters. The molecule has 5 aromatic rings. The number of alkyl halides is 3. The number of ether oxygens (including phenoxy) is 3. The van der Waals surface area contributed by atoms with Crippen molar-refractivity contribution in [3.63, 3.8) is 0 Å². The van der Waals surface area contributed by atoms with Gasteiger partial charge in [-0.3, -0.25) is 9.36 Å². The Balaban J connectivity index is 1.44. The fraction of sp³-hybridized carbons (Fsp3) is 0.171. The molecule has 0 unspecified atom stereocenters. The van der Waals surface area contributed by atoms with Crippen molar-refractivity contribution in [2.24, 2.45) is 4.99 Å². The highest BCUT2D eigenvalue weighted by molar-refractivity contribution is 9.10. The van der Waals surface area contributed by atoms with Crippen LogP contribution in [0.2, 0.25) is 5.02 Å². The second kappa shape index (κ2) is 13.6. The largest absolute Gasteiger partial charge is 0.493 e. The molecule has 0 saturated heterocycles. The molecule has 6 rings (SSSR count). The Kier molecular flexibility index (Phi) is 9.50. The third-order valence-electron chi connectivity index (χ3n) is 7.58. The molecule has 0 radical (unpaired) electrons. The number of thiazole rings is 1. The van der Waals surface area contributed by atoms with Gasteiger partial charge in [-0.25, -0.2) is 9.79 Å². The van der Waals surface area contributed by atoms with Crippen LogP contribution in [0.25, 0.3) is 16.8 Å². The van der Waals surface area contributed by atoms with E-state index in [1.807, 2.05) is 42.5 Å². The standard InChI is InChI=1S/C35H25BrClF3N2O5S/c1-3-46-33(44)28-29(21-11-13-23(37)14-12-21)42-32(43)27(48-34(42)41-31(28)35(38,39)40)17-19-15-25(36)30(26(16-19)45-2)47-18-22-9-6-8-20-7-4-5-10-24(20)22/h4-17,29H,3,18H2,1-2H3/b27-17-/t29-/m0/s1. The highest BCUT2D eigenvalue weighted by atomic mass is 79.9. The van der Waals surface area contributed by atoms with Gasteiger partial charge in [-0.1, -0.05) is 77.5 Å². The first kappa shape index (κ1) is 33.5. The van der Waals surface area contributed by atoms with Crippen molar-refractivity contribution in [2.45, 2.75) is 25.7 Å². The molecule has 1 aliphatic rings. The summed E-state index contributed by atoms with van der Waals surface area (Å²) in [5.41, 5.74) is -1.15. The van der Waals surface area contributed by atoms with E-state index in [-0.39, 0.29) is 28.1 Å². The zero-order valence-corrected chi connectivity index (χ0v) is 28.5. The molecule has 0 fully saturated rings. The highest BCUT2D eigenvalue weighted by Gasteiger charge is 2.45. The molecule has 246 valence electrons. The number of rotatable bonds is 8. The van der Waals surface area contributed by atoms with E-state index in [0.717, 1.165) is 32.2 Å². The van der Waals surface area contributed by atoms with Gasteiger partial charge in [-0.2, -0.15) is 13.2 Å². The van der Waals surface area contributed by atoms with Crippen LogP contribution in [0.1, 0.15) is 29.7 Å². The number of esters is 1. The smallest absolute Gasteiger partial charge is 0.434 e. The van der Waals surface area contributed by atoms with E-state index in [1.165, 1.54) is 44.4 Å². The van der Waals surface area contributed by atoms with Gasteiger partial charge in [-0.05, 0) is 80.7 Å². The van der Waals surface area contributed by atoms with E-state index in [1.54, 1.807) is 12.1 Å². The van der Waals surface area contributed by atoms with E-state index in [2.05, 4.69) is 20.9 Å². The number of fused-ring (bicyclic) bond motifs is 2. The number of carbonyl (C=O) groups is 1. The van der Waals surface area contributed by atoms with Crippen LogP contribution >= 0.6 is 38.9 Å². The molecular weight excluding hydrogens is 733 g/mol. The maximum absolute atomic E-state index is 14.4. The van der Waals surface area contributed by atoms with Gasteiger partial charge in [0.15, 0.2) is 22.0 Å². The SMILES string of the molecule is CCOC(=O)C1=C(C(F)(F)F)N=c2s/c(=C\c3cc(Br)c(OCc4cccc5ccccc45)c(OC)c3)c(=O)n2[C@H]1c1ccc(Cl)cc1. The third kappa shape index (κ3) is 6.52. The lowest BCUT2D eigenvalue weighted by atomic mass is 9.95. The molecule has 2 heterocycles. The van der Waals surface area contributed by atoms with Gasteiger partial charge in [0.05, 0.1) is 34.3 Å². The zero-order valence-electron chi connectivity index (χ0n) is 25.3. The van der Waals surface area contributed by atoms with Crippen LogP contribution < -0.4 is 24.4 Å². The second-order valence-corrected chi connectivity index (χ2v) is 12.9. The predicted molar refractivity (Wildman–Crippen MR) is 181 cm³/mol. The maximum atomic E-state index is 14.4. The average molecular weight is 758 g/mol. The Morgan fingerprint density at radius 3 is 2.52 bits per heavy atom. The molecule has 13 heteroatoms. The molecule has 48 heavy (non-hydrogen) atoms. The number of methoxy groups -OCH3 is 1. The van der Waals surface area contributed by atoms with Crippen LogP contribution in [0.5, 0.6) is 11.5 Å². The first-order valence-corrected chi connectivity index (χ1v) is 16.5. The Morgan fingerprint density at radius 2 is 1.81 bits per heavy atom. The van der Waals surface area contributed by atoms with Gasteiger partial charge in [0.1, 0.15) is 6.61 Å². The molecule has 0 bridgehead atoms. The molecule has 7 nitrogen and oxygen atoms in total. The summed E-state index contributed by atoms with van der Waals surface area (Å²) in [4.78, 5) is 30.6. The number of carbonyl (C=O) groups excluding carboxylic acids is 1. The lowest BCUT2D eigenvalue weighted by Crippen LogP contribution is -2.41. The third-order valence-corrected chi connectivity index (χ3v) is 9.41. The van der Waals surface area contributed by atoms with Crippen molar-refractivity contribution in [3.05, 3.63) is 136 Å². The molecule has 4 aromatic carbocycles. The van der Waals surface area contributed by atoms with Crippen molar-refractivity contribution in [2.75, 3.05) is 13.7 Å². The number of hydrogen-bond donors (Lipinski definition) is 0. The van der Waals surface area contributed by atoms with Crippen molar-refractivity contribution in [1.29, 1.82) is 0 Å². The van der Waals surface area contributed by atoms with E-state index < -0.39 is 35.0 Å². The fourth-order valence-corrected chi connectivity index (χ4v) is 7.18. The van der Waals surface area contributed by atoms with E-state index in [9.17, 15) is 22.8 Å². The van der Waals surface area contributed by atoms with Crippen LogP contribution in [0.15, 0.2) is 104 Å². The molecular formula is C35H25BrClF3N2O5S. The van der Waals surface area contributed by atoms with Crippen molar-refractivity contribution < 1.29 is 32.2 Å². The van der Waals surface area contributed by atoms with E-state index in [4.69, 9.17) is 25.8 Å². The van der Waals surface area contributed by atoms with Crippen molar-refractivity contribution in [1.82, 2.24) is 4.57 Å². The molecule has 0 saturated carbocycles. The van der Waals surface area contributed by atoms with Crippen LogP contribution in [-0.2, 0) is 16.1 Å². The van der Waals surface area contributed by atoms with Gasteiger partial charge < -0.3 is 14.2 Å². The van der Waals surface area contributed by atoms with Gasteiger partial charge in [0.25, 0.3) is 5.56 Å². The topological polar surface area (TPSA) is 79.1 Å². The summed E-state index contributed by atoms with van der Waals surface area (Å²) in [6.07, 6.45) is -3.49. The number of allylic oxidation sites excluding steroid dienone is 1. The lowest BCUT2D eigenvalue weighted by molar-refractivity contribution is -0.140. The minimum atomic E-state index is -5.01. The normalized spacial score (nSPS) is 14.9. The minimum Gasteiger partial charge on any atom is -0.493 e. The summed E-state index contributed by atoms with van der Waals surface area (Å²) >= 11 is 10.4. The zero-order chi connectivity index (χ0) is 34.2. The number of nitrogens with zero attached hydrogens (tertiary/aromatic N) is 2. The van der Waals surface area contributed by atoms with Gasteiger partial charge >= 0.3 is 12.1 Å². The molecule has 0 aliphatic carbocycles. The van der Waals surface area contributed by atoms with Gasteiger partial charge in [0.2, 0.25) is 0 Å². The molecule has 0 amide bonds. The first-order valence-electron chi connectivity index (χ1n) is 14.5. The number of aromatic nitrogens is 1. The summed E-state index contributed by atoms with van der Waals surface area (Å²) in [5, 5.41) is 2.46. The molecule has 1 aliphatic heterocycles. The van der Waals surface area contributed by atoms with E-state index >= 15 is 0 Å². The Hall–Kier alpha value is -4.39. The predicted octanol–water partition coefficient (Wildman–Crippen LogP) is 7.50.